The van der Waals surface area contributed by atoms with Crippen molar-refractivity contribution in [2.75, 3.05) is 22.4 Å². The maximum atomic E-state index is 12.8. The standard InChI is InChI=1S/C21H26N2O5S/c1-14(2)27-17-8-6-16(7-9-17)22-21(24)20-11-12-23(29(4,25)26)18-13-15(3)5-10-19(18)28-20/h5-10,13-14,20H,11-12H2,1-4H3,(H,22,24)/t20-/m0/s1. The van der Waals surface area contributed by atoms with Gasteiger partial charge in [0.15, 0.2) is 6.10 Å². The van der Waals surface area contributed by atoms with Crippen molar-refractivity contribution < 1.29 is 22.7 Å². The first-order chi connectivity index (χ1) is 13.6. The van der Waals surface area contributed by atoms with Gasteiger partial charge in [0.1, 0.15) is 11.5 Å². The number of carbonyl (C=O) groups excluding carboxylic acids is 1. The van der Waals surface area contributed by atoms with Gasteiger partial charge >= 0.3 is 0 Å². The molecule has 0 bridgehead atoms. The molecule has 0 radical (unpaired) electrons. The summed E-state index contributed by atoms with van der Waals surface area (Å²) in [5.41, 5.74) is 1.98. The van der Waals surface area contributed by atoms with Crippen molar-refractivity contribution in [1.29, 1.82) is 0 Å². The van der Waals surface area contributed by atoms with Crippen LogP contribution in [0.2, 0.25) is 0 Å². The van der Waals surface area contributed by atoms with Gasteiger partial charge in [-0.3, -0.25) is 9.10 Å². The second-order valence-corrected chi connectivity index (χ2v) is 9.29. The number of ether oxygens (including phenoxy) is 2. The van der Waals surface area contributed by atoms with Gasteiger partial charge in [0.2, 0.25) is 10.0 Å². The van der Waals surface area contributed by atoms with Gasteiger partial charge in [-0.1, -0.05) is 6.07 Å². The van der Waals surface area contributed by atoms with E-state index in [4.69, 9.17) is 9.47 Å². The third-order valence-electron chi connectivity index (χ3n) is 4.43. The van der Waals surface area contributed by atoms with Gasteiger partial charge in [0, 0.05) is 18.7 Å². The molecular formula is C21H26N2O5S. The van der Waals surface area contributed by atoms with Crippen LogP contribution in [0.15, 0.2) is 42.5 Å². The molecule has 0 aliphatic carbocycles. The van der Waals surface area contributed by atoms with E-state index in [-0.39, 0.29) is 25.0 Å². The average molecular weight is 419 g/mol. The molecule has 0 saturated heterocycles. The zero-order valence-electron chi connectivity index (χ0n) is 17.0. The zero-order chi connectivity index (χ0) is 21.2. The van der Waals surface area contributed by atoms with E-state index in [0.717, 1.165) is 17.6 Å². The van der Waals surface area contributed by atoms with Gasteiger partial charge in [-0.05, 0) is 62.7 Å². The second kappa shape index (κ2) is 8.32. The summed E-state index contributed by atoms with van der Waals surface area (Å²) in [7, 11) is -3.49. The first-order valence-corrected chi connectivity index (χ1v) is 11.3. The maximum absolute atomic E-state index is 12.8. The van der Waals surface area contributed by atoms with Crippen LogP contribution in [-0.2, 0) is 14.8 Å². The summed E-state index contributed by atoms with van der Waals surface area (Å²) in [5.74, 6) is 0.764. The minimum atomic E-state index is -3.49. The van der Waals surface area contributed by atoms with Crippen LogP contribution < -0.4 is 19.1 Å². The highest BCUT2D eigenvalue weighted by Gasteiger charge is 2.31. The number of benzene rings is 2. The molecule has 8 heteroatoms. The number of aryl methyl sites for hydroxylation is 1. The number of amides is 1. The molecule has 29 heavy (non-hydrogen) atoms. The van der Waals surface area contributed by atoms with E-state index in [1.807, 2.05) is 26.8 Å². The number of hydrogen-bond donors (Lipinski definition) is 1. The lowest BCUT2D eigenvalue weighted by atomic mass is 10.2. The fourth-order valence-electron chi connectivity index (χ4n) is 3.13. The molecule has 2 aromatic rings. The highest BCUT2D eigenvalue weighted by Crippen LogP contribution is 2.35. The molecule has 3 rings (SSSR count). The van der Waals surface area contributed by atoms with Crippen LogP contribution in [0.3, 0.4) is 0 Å². The minimum absolute atomic E-state index is 0.0660. The smallest absolute Gasteiger partial charge is 0.265 e. The van der Waals surface area contributed by atoms with E-state index in [0.29, 0.717) is 17.1 Å². The van der Waals surface area contributed by atoms with Crippen molar-refractivity contribution >= 4 is 27.3 Å². The Balaban J connectivity index is 1.78. The van der Waals surface area contributed by atoms with Crippen LogP contribution in [0.5, 0.6) is 11.5 Å². The van der Waals surface area contributed by atoms with E-state index >= 15 is 0 Å². The van der Waals surface area contributed by atoms with Crippen LogP contribution in [0, 0.1) is 6.92 Å². The number of nitrogens with zero attached hydrogens (tertiary/aromatic N) is 1. The molecule has 1 aliphatic rings. The first-order valence-electron chi connectivity index (χ1n) is 9.46. The van der Waals surface area contributed by atoms with E-state index in [1.54, 1.807) is 36.4 Å². The molecule has 1 atom stereocenters. The van der Waals surface area contributed by atoms with E-state index in [9.17, 15) is 13.2 Å². The van der Waals surface area contributed by atoms with Crippen molar-refractivity contribution in [3.05, 3.63) is 48.0 Å². The fourth-order valence-corrected chi connectivity index (χ4v) is 4.07. The molecule has 1 amide bonds. The largest absolute Gasteiger partial charge is 0.491 e. The van der Waals surface area contributed by atoms with Crippen LogP contribution in [0.25, 0.3) is 0 Å². The van der Waals surface area contributed by atoms with Gasteiger partial charge in [-0.15, -0.1) is 0 Å². The Morgan fingerprint density at radius 2 is 1.90 bits per heavy atom. The van der Waals surface area contributed by atoms with Gasteiger partial charge in [-0.25, -0.2) is 8.42 Å². The van der Waals surface area contributed by atoms with Gasteiger partial charge in [0.25, 0.3) is 5.91 Å². The Kier molecular flexibility index (Phi) is 6.02. The van der Waals surface area contributed by atoms with Crippen molar-refractivity contribution in [1.82, 2.24) is 0 Å². The second-order valence-electron chi connectivity index (χ2n) is 7.38. The molecular weight excluding hydrogens is 392 g/mol. The number of rotatable bonds is 5. The Morgan fingerprint density at radius 3 is 2.52 bits per heavy atom. The number of nitrogens with one attached hydrogen (secondary N) is 1. The van der Waals surface area contributed by atoms with E-state index in [2.05, 4.69) is 5.32 Å². The third kappa shape index (κ3) is 5.20. The normalized spacial score (nSPS) is 16.6. The summed E-state index contributed by atoms with van der Waals surface area (Å²) in [6, 6.07) is 12.4. The quantitative estimate of drug-likeness (QED) is 0.805. The summed E-state index contributed by atoms with van der Waals surface area (Å²) < 4.78 is 37.3. The van der Waals surface area contributed by atoms with Crippen LogP contribution >= 0.6 is 0 Å². The van der Waals surface area contributed by atoms with E-state index in [1.165, 1.54) is 4.31 Å². The molecule has 1 aliphatic heterocycles. The highest BCUT2D eigenvalue weighted by atomic mass is 32.2. The lowest BCUT2D eigenvalue weighted by molar-refractivity contribution is -0.122. The molecule has 156 valence electrons. The lowest BCUT2D eigenvalue weighted by Gasteiger charge is -2.21. The predicted molar refractivity (Wildman–Crippen MR) is 113 cm³/mol. The minimum Gasteiger partial charge on any atom is -0.491 e. The highest BCUT2D eigenvalue weighted by molar-refractivity contribution is 7.92. The molecule has 0 fully saturated rings. The fraction of sp³-hybridized carbons (Fsp3) is 0.381. The molecule has 1 N–H and O–H groups in total. The Labute approximate surface area is 171 Å². The van der Waals surface area contributed by atoms with E-state index < -0.39 is 16.1 Å². The number of sulfonamides is 1. The number of carbonyl (C=O) groups is 1. The number of anilines is 2. The maximum Gasteiger partial charge on any atom is 0.265 e. The molecule has 0 unspecified atom stereocenters. The van der Waals surface area contributed by atoms with Gasteiger partial charge in [-0.2, -0.15) is 0 Å². The zero-order valence-corrected chi connectivity index (χ0v) is 17.8. The van der Waals surface area contributed by atoms with Gasteiger partial charge < -0.3 is 14.8 Å². The van der Waals surface area contributed by atoms with Crippen molar-refractivity contribution in [3.8, 4) is 11.5 Å². The third-order valence-corrected chi connectivity index (χ3v) is 5.61. The first kappa shape index (κ1) is 21.0. The average Bonchev–Trinajstić information content (AvgIpc) is 2.82. The van der Waals surface area contributed by atoms with Gasteiger partial charge in [0.05, 0.1) is 18.0 Å². The number of fused-ring (bicyclic) bond motifs is 1. The summed E-state index contributed by atoms with van der Waals surface area (Å²) in [5, 5.41) is 2.83. The van der Waals surface area contributed by atoms with Crippen LogP contribution in [0.4, 0.5) is 11.4 Å². The Morgan fingerprint density at radius 1 is 1.21 bits per heavy atom. The van der Waals surface area contributed by atoms with Crippen LogP contribution in [0.1, 0.15) is 25.8 Å². The Bertz CT molecular complexity index is 987. The lowest BCUT2D eigenvalue weighted by Crippen LogP contribution is -2.35. The summed E-state index contributed by atoms with van der Waals surface area (Å²) >= 11 is 0. The molecule has 0 aromatic heterocycles. The topological polar surface area (TPSA) is 84.9 Å². The van der Waals surface area contributed by atoms with Crippen molar-refractivity contribution in [3.63, 3.8) is 0 Å². The van der Waals surface area contributed by atoms with Crippen molar-refractivity contribution in [2.24, 2.45) is 0 Å². The Hall–Kier alpha value is -2.74. The molecule has 0 saturated carbocycles. The van der Waals surface area contributed by atoms with Crippen LogP contribution in [-0.4, -0.2) is 39.3 Å². The molecule has 2 aromatic carbocycles. The SMILES string of the molecule is Cc1ccc2c(c1)N(S(C)(=O)=O)CC[C@@H](C(=O)Nc1ccc(OC(C)C)cc1)O2. The molecule has 0 spiro atoms. The van der Waals surface area contributed by atoms with Crippen molar-refractivity contribution in [2.45, 2.75) is 39.4 Å². The predicted octanol–water partition coefficient (Wildman–Crippen LogP) is 3.34. The number of hydrogen-bond acceptors (Lipinski definition) is 5. The molecule has 7 nitrogen and oxygen atoms in total. The molecule has 1 heterocycles. The monoisotopic (exact) mass is 418 g/mol. The summed E-state index contributed by atoms with van der Waals surface area (Å²) in [4.78, 5) is 12.8. The summed E-state index contributed by atoms with van der Waals surface area (Å²) in [6.07, 6.45) is 0.646. The summed E-state index contributed by atoms with van der Waals surface area (Å²) in [6.45, 7) is 5.92.